The fourth-order valence-corrected chi connectivity index (χ4v) is 9.74. The highest BCUT2D eigenvalue weighted by atomic mass is 32.2. The Hall–Kier alpha value is -3.68. The van der Waals surface area contributed by atoms with Crippen LogP contribution in [0.1, 0.15) is 62.7 Å². The number of nitrogens with zero attached hydrogens (tertiary/aromatic N) is 2. The molecule has 3 saturated carbocycles. The first kappa shape index (κ1) is 30.4. The zero-order chi connectivity index (χ0) is 31.3. The molecule has 1 aromatic carbocycles. The molecule has 6 rings (SSSR count). The molecule has 3 fully saturated rings. The lowest BCUT2D eigenvalue weighted by Gasteiger charge is -2.60. The Kier molecular flexibility index (Phi) is 7.83. The van der Waals surface area contributed by atoms with Gasteiger partial charge in [-0.25, -0.2) is 14.2 Å². The van der Waals surface area contributed by atoms with Crippen molar-refractivity contribution in [2.75, 3.05) is 5.75 Å². The maximum absolute atomic E-state index is 13.9. The van der Waals surface area contributed by atoms with Crippen LogP contribution in [0.5, 0.6) is 0 Å². The minimum atomic E-state index is -1.49. The molecule has 3 N–H and O–H groups in total. The van der Waals surface area contributed by atoms with Gasteiger partial charge in [0.25, 0.3) is 0 Å². The quantitative estimate of drug-likeness (QED) is 0.375. The van der Waals surface area contributed by atoms with Crippen molar-refractivity contribution >= 4 is 34.2 Å². The van der Waals surface area contributed by atoms with Gasteiger partial charge < -0.3 is 20.0 Å². The fraction of sp³-hybridized carbons (Fsp3) is 0.471. The van der Waals surface area contributed by atoms with Crippen molar-refractivity contribution < 1.29 is 28.2 Å². The van der Waals surface area contributed by atoms with Gasteiger partial charge in [-0.1, -0.05) is 31.2 Å². The number of ether oxygens (including phenoxy) is 1. The molecule has 1 aromatic heterocycles. The predicted octanol–water partition coefficient (Wildman–Crippen LogP) is 6.26. The molecule has 0 spiro atoms. The number of aliphatic hydroxyl groups is 1. The van der Waals surface area contributed by atoms with Crippen molar-refractivity contribution in [1.82, 2.24) is 0 Å². The van der Waals surface area contributed by atoms with Crippen LogP contribution in [0.25, 0.3) is 0 Å². The van der Waals surface area contributed by atoms with E-state index in [0.717, 1.165) is 35.9 Å². The van der Waals surface area contributed by atoms with E-state index in [0.29, 0.717) is 24.9 Å². The molecular formula is C34H36FN3O5S. The van der Waals surface area contributed by atoms with E-state index in [9.17, 15) is 24.3 Å². The second-order valence-corrected chi connectivity index (χ2v) is 13.9. The number of fused-ring (bicyclic) bond motifs is 5. The molecule has 1 heterocycles. The van der Waals surface area contributed by atoms with E-state index in [1.165, 1.54) is 36.3 Å². The van der Waals surface area contributed by atoms with Gasteiger partial charge in [0, 0.05) is 5.41 Å². The molecule has 4 aliphatic rings. The van der Waals surface area contributed by atoms with Gasteiger partial charge >= 0.3 is 5.97 Å². The highest BCUT2D eigenvalue weighted by molar-refractivity contribution is 8.14. The first-order valence-corrected chi connectivity index (χ1v) is 16.0. The lowest BCUT2D eigenvalue weighted by molar-refractivity contribution is -0.174. The molecule has 2 aromatic rings. The fourth-order valence-electron chi connectivity index (χ4n) is 8.93. The average Bonchev–Trinajstić information content (AvgIpc) is 3.64. The molecule has 0 aliphatic heterocycles. The van der Waals surface area contributed by atoms with Crippen molar-refractivity contribution in [2.45, 2.75) is 64.1 Å². The molecule has 7 atom stereocenters. The number of halogens is 1. The van der Waals surface area contributed by atoms with Crippen molar-refractivity contribution in [3.63, 3.8) is 0 Å². The van der Waals surface area contributed by atoms with Crippen LogP contribution in [0.2, 0.25) is 0 Å². The number of nitriles is 1. The molecule has 8 nitrogen and oxygen atoms in total. The molecule has 0 bridgehead atoms. The Morgan fingerprint density at radius 2 is 2.05 bits per heavy atom. The van der Waals surface area contributed by atoms with E-state index in [-0.39, 0.29) is 46.4 Å². The van der Waals surface area contributed by atoms with E-state index in [1.807, 2.05) is 13.0 Å². The first-order valence-electron chi connectivity index (χ1n) is 15.0. The third kappa shape index (κ3) is 4.72. The van der Waals surface area contributed by atoms with Gasteiger partial charge in [-0.3, -0.25) is 4.79 Å². The van der Waals surface area contributed by atoms with Crippen LogP contribution in [-0.2, 0) is 9.53 Å². The average molecular weight is 618 g/mol. The summed E-state index contributed by atoms with van der Waals surface area (Å²) in [6.45, 7) is 4.17. The number of hydrogen-bond donors (Lipinski definition) is 2. The normalized spacial score (nSPS) is 36.1. The van der Waals surface area contributed by atoms with Gasteiger partial charge in [0.05, 0.1) is 41.2 Å². The molecule has 10 heteroatoms. The number of allylic oxidation sites excluding steroid dienone is 3. The van der Waals surface area contributed by atoms with Crippen LogP contribution in [0.3, 0.4) is 0 Å². The highest BCUT2D eigenvalue weighted by Gasteiger charge is 2.70. The smallest absolute Gasteiger partial charge is 0.342 e. The van der Waals surface area contributed by atoms with Gasteiger partial charge in [0.15, 0.2) is 5.60 Å². The minimum absolute atomic E-state index is 0.0117. The molecular weight excluding hydrogens is 581 g/mol. The predicted molar refractivity (Wildman–Crippen MR) is 164 cm³/mol. The number of aliphatic hydroxyl groups excluding tert-OH is 1. The second-order valence-electron chi connectivity index (χ2n) is 13.0. The Morgan fingerprint density at radius 3 is 2.73 bits per heavy atom. The zero-order valence-corrected chi connectivity index (χ0v) is 25.6. The zero-order valence-electron chi connectivity index (χ0n) is 24.8. The lowest BCUT2D eigenvalue weighted by atomic mass is 9.45. The summed E-state index contributed by atoms with van der Waals surface area (Å²) >= 11 is 0.872. The number of rotatable bonds is 5. The molecule has 230 valence electrons. The summed E-state index contributed by atoms with van der Waals surface area (Å²) < 4.78 is 24.8. The van der Waals surface area contributed by atoms with Crippen molar-refractivity contribution in [3.8, 4) is 6.07 Å². The topological polar surface area (TPSA) is 139 Å². The summed E-state index contributed by atoms with van der Waals surface area (Å²) in [5.74, 6) is -1.05. The van der Waals surface area contributed by atoms with Crippen molar-refractivity contribution in [3.05, 3.63) is 77.7 Å². The van der Waals surface area contributed by atoms with Gasteiger partial charge in [0.1, 0.15) is 12.1 Å². The van der Waals surface area contributed by atoms with E-state index in [1.54, 1.807) is 18.3 Å². The maximum Gasteiger partial charge on any atom is 0.342 e. The van der Waals surface area contributed by atoms with Crippen LogP contribution in [0, 0.1) is 45.7 Å². The monoisotopic (exact) mass is 617 g/mol. The Labute approximate surface area is 260 Å². The van der Waals surface area contributed by atoms with Crippen molar-refractivity contribution in [2.24, 2.45) is 39.3 Å². The summed E-state index contributed by atoms with van der Waals surface area (Å²) in [4.78, 5) is 32.0. The van der Waals surface area contributed by atoms with Gasteiger partial charge in [-0.2, -0.15) is 5.26 Å². The number of nitrogens with two attached hydrogens (primary N) is 1. The summed E-state index contributed by atoms with van der Waals surface area (Å²) in [5, 5.41) is 20.9. The largest absolute Gasteiger partial charge is 0.472 e. The third-order valence-corrected chi connectivity index (χ3v) is 11.8. The number of benzene rings is 1. The number of aliphatic imine (C=N–C) groups is 1. The SMILES string of the molecule is C[C@]12CC(=CN)C(=Nc3ccc(F)cc3)C=C1CC[C@@H]1C2C(O)C[C@@]2(C)C1CC[C@]2(OC(=O)c1ccoc1)C(=O)SCC#N. The number of carbonyl (C=O) groups excluding carboxylic acids is 2. The summed E-state index contributed by atoms with van der Waals surface area (Å²) in [6.07, 6.45) is 8.99. The maximum atomic E-state index is 13.9. The van der Waals surface area contributed by atoms with Gasteiger partial charge in [0.2, 0.25) is 5.12 Å². The third-order valence-electron chi connectivity index (χ3n) is 10.9. The standard InChI is InChI=1S/C34H36FN3O5S/c1-32-16-21(18-37)27(38-24-6-4-23(35)5-7-24)15-22(32)3-8-25-26-9-11-34(31(41)44-14-12-36,33(26,2)17-28(39)29(25)32)43-30(40)20-10-13-42-19-20/h4-7,10,13,15,18-19,25-26,28-29,39H,3,8-9,11,14,16-17,37H2,1-2H3/t25-,26?,28?,29?,32-,33-,34-/m0/s1. The second kappa shape index (κ2) is 11.4. The number of hydrogen-bond acceptors (Lipinski definition) is 9. The van der Waals surface area contributed by atoms with Gasteiger partial charge in [-0.15, -0.1) is 0 Å². The number of esters is 1. The Balaban J connectivity index is 1.35. The minimum Gasteiger partial charge on any atom is -0.472 e. The lowest BCUT2D eigenvalue weighted by Crippen LogP contribution is -2.62. The summed E-state index contributed by atoms with van der Waals surface area (Å²) in [5.41, 5.74) is 7.08. The number of furan rings is 1. The summed E-state index contributed by atoms with van der Waals surface area (Å²) in [7, 11) is 0. The Bertz CT molecular complexity index is 1600. The van der Waals surface area contributed by atoms with E-state index >= 15 is 0 Å². The molecule has 44 heavy (non-hydrogen) atoms. The van der Waals surface area contributed by atoms with Gasteiger partial charge in [-0.05, 0) is 110 Å². The highest BCUT2D eigenvalue weighted by Crippen LogP contribution is 2.69. The van der Waals surface area contributed by atoms with E-state index < -0.39 is 28.5 Å². The van der Waals surface area contributed by atoms with Crippen LogP contribution in [-0.4, -0.2) is 39.4 Å². The first-order chi connectivity index (χ1) is 21.1. The van der Waals surface area contributed by atoms with Crippen LogP contribution >= 0.6 is 11.8 Å². The molecule has 3 unspecified atom stereocenters. The molecule has 0 amide bonds. The molecule has 0 saturated heterocycles. The van der Waals surface area contributed by atoms with Crippen LogP contribution in [0.4, 0.5) is 10.1 Å². The summed E-state index contributed by atoms with van der Waals surface area (Å²) in [6, 6.07) is 9.54. The molecule has 0 radical (unpaired) electrons. The van der Waals surface area contributed by atoms with E-state index in [2.05, 4.69) is 13.0 Å². The molecule has 4 aliphatic carbocycles. The van der Waals surface area contributed by atoms with Crippen LogP contribution in [0.15, 0.2) is 75.7 Å². The van der Waals surface area contributed by atoms with Crippen LogP contribution < -0.4 is 5.73 Å². The van der Waals surface area contributed by atoms with Crippen molar-refractivity contribution in [1.29, 1.82) is 5.26 Å². The number of carbonyl (C=O) groups is 2. The Morgan fingerprint density at radius 1 is 1.27 bits per heavy atom. The van der Waals surface area contributed by atoms with E-state index in [4.69, 9.17) is 19.9 Å². The number of thioether (sulfide) groups is 1.